The molecular formula is C17H22N2OS. The Morgan fingerprint density at radius 3 is 2.81 bits per heavy atom. The molecule has 0 aliphatic heterocycles. The number of unbranched alkanes of at least 4 members (excludes halogenated alkanes) is 2. The second-order valence-electron chi connectivity index (χ2n) is 5.16. The summed E-state index contributed by atoms with van der Waals surface area (Å²) in [4.78, 5) is 10.1. The molecule has 0 saturated heterocycles. The van der Waals surface area contributed by atoms with Gasteiger partial charge in [0.2, 0.25) is 0 Å². The molecule has 2 aromatic rings. The molecule has 21 heavy (non-hydrogen) atoms. The zero-order valence-electron chi connectivity index (χ0n) is 12.7. The van der Waals surface area contributed by atoms with Crippen molar-refractivity contribution in [1.82, 2.24) is 9.97 Å². The molecule has 112 valence electrons. The van der Waals surface area contributed by atoms with Gasteiger partial charge in [-0.3, -0.25) is 0 Å². The van der Waals surface area contributed by atoms with E-state index in [0.29, 0.717) is 5.75 Å². The SMILES string of the molecule is CCCCCc1nccc(CSc2ccc(O)c(C)c2)n1. The first kappa shape index (κ1) is 15.8. The number of hydrogen-bond donors (Lipinski definition) is 1. The summed E-state index contributed by atoms with van der Waals surface area (Å²) in [6.45, 7) is 4.11. The first-order chi connectivity index (χ1) is 10.2. The van der Waals surface area contributed by atoms with Crippen LogP contribution in [0.3, 0.4) is 0 Å². The van der Waals surface area contributed by atoms with E-state index in [1.54, 1.807) is 17.8 Å². The zero-order valence-corrected chi connectivity index (χ0v) is 13.5. The summed E-state index contributed by atoms with van der Waals surface area (Å²) in [5, 5.41) is 9.54. The Hall–Kier alpha value is -1.55. The molecule has 0 aliphatic carbocycles. The van der Waals surface area contributed by atoms with Gasteiger partial charge in [0, 0.05) is 23.3 Å². The van der Waals surface area contributed by atoms with Crippen molar-refractivity contribution in [1.29, 1.82) is 0 Å². The van der Waals surface area contributed by atoms with Gasteiger partial charge in [0.25, 0.3) is 0 Å². The van der Waals surface area contributed by atoms with Crippen molar-refractivity contribution < 1.29 is 5.11 Å². The number of thioether (sulfide) groups is 1. The average Bonchev–Trinajstić information content (AvgIpc) is 2.49. The van der Waals surface area contributed by atoms with Gasteiger partial charge < -0.3 is 5.11 Å². The van der Waals surface area contributed by atoms with Crippen molar-refractivity contribution in [2.24, 2.45) is 0 Å². The lowest BCUT2D eigenvalue weighted by molar-refractivity contribution is 0.470. The molecule has 0 spiro atoms. The lowest BCUT2D eigenvalue weighted by atomic mass is 10.2. The first-order valence-corrected chi connectivity index (χ1v) is 8.41. The second kappa shape index (κ2) is 8.03. The molecule has 0 bridgehead atoms. The summed E-state index contributed by atoms with van der Waals surface area (Å²) in [5.74, 6) is 2.12. The zero-order chi connectivity index (χ0) is 15.1. The standard InChI is InChI=1S/C17H22N2OS/c1-3-4-5-6-17-18-10-9-14(19-17)12-21-15-7-8-16(20)13(2)11-15/h7-11,20H,3-6,12H2,1-2H3. The molecule has 1 aromatic heterocycles. The maximum Gasteiger partial charge on any atom is 0.128 e. The van der Waals surface area contributed by atoms with Crippen LogP contribution in [0.5, 0.6) is 5.75 Å². The third-order valence-corrected chi connectivity index (χ3v) is 4.35. The topological polar surface area (TPSA) is 46.0 Å². The molecule has 4 heteroatoms. The summed E-state index contributed by atoms with van der Waals surface area (Å²) in [5.41, 5.74) is 1.97. The van der Waals surface area contributed by atoms with Crippen molar-refractivity contribution in [2.45, 2.75) is 50.2 Å². The molecule has 1 heterocycles. The fourth-order valence-electron chi connectivity index (χ4n) is 2.05. The highest BCUT2D eigenvalue weighted by Crippen LogP contribution is 2.26. The highest BCUT2D eigenvalue weighted by Gasteiger charge is 2.03. The molecule has 0 unspecified atom stereocenters. The minimum absolute atomic E-state index is 0.347. The molecule has 3 nitrogen and oxygen atoms in total. The van der Waals surface area contributed by atoms with Crippen molar-refractivity contribution in [3.05, 3.63) is 47.5 Å². The van der Waals surface area contributed by atoms with Crippen LogP contribution in [0.15, 0.2) is 35.4 Å². The van der Waals surface area contributed by atoms with E-state index in [1.807, 2.05) is 31.3 Å². The number of rotatable bonds is 7. The summed E-state index contributed by atoms with van der Waals surface area (Å²) in [6.07, 6.45) is 6.42. The number of aryl methyl sites for hydroxylation is 2. The summed E-state index contributed by atoms with van der Waals surface area (Å²) < 4.78 is 0. The van der Waals surface area contributed by atoms with Crippen molar-refractivity contribution in [3.8, 4) is 5.75 Å². The fraction of sp³-hybridized carbons (Fsp3) is 0.412. The smallest absolute Gasteiger partial charge is 0.128 e. The van der Waals surface area contributed by atoms with Crippen LogP contribution < -0.4 is 0 Å². The van der Waals surface area contributed by atoms with Crippen LogP contribution in [0, 0.1) is 6.92 Å². The van der Waals surface area contributed by atoms with Crippen molar-refractivity contribution >= 4 is 11.8 Å². The first-order valence-electron chi connectivity index (χ1n) is 7.42. The van der Waals surface area contributed by atoms with Gasteiger partial charge in [-0.05, 0) is 43.2 Å². The van der Waals surface area contributed by atoms with E-state index in [4.69, 9.17) is 0 Å². The Morgan fingerprint density at radius 2 is 2.05 bits per heavy atom. The molecule has 1 aromatic carbocycles. The van der Waals surface area contributed by atoms with Crippen LogP contribution >= 0.6 is 11.8 Å². The Bertz CT molecular complexity index is 587. The van der Waals surface area contributed by atoms with Crippen molar-refractivity contribution in [3.63, 3.8) is 0 Å². The van der Waals surface area contributed by atoms with E-state index >= 15 is 0 Å². The van der Waals surface area contributed by atoms with E-state index in [9.17, 15) is 5.11 Å². The summed E-state index contributed by atoms with van der Waals surface area (Å²) >= 11 is 1.73. The lowest BCUT2D eigenvalue weighted by Gasteiger charge is -2.05. The number of aromatic hydroxyl groups is 1. The normalized spacial score (nSPS) is 10.8. The fourth-order valence-corrected chi connectivity index (χ4v) is 2.95. The predicted octanol–water partition coefficient (Wildman–Crippen LogP) is 4.52. The van der Waals surface area contributed by atoms with Crippen LogP contribution in [-0.2, 0) is 12.2 Å². The van der Waals surface area contributed by atoms with Crippen LogP contribution in [0.25, 0.3) is 0 Å². The Kier molecular flexibility index (Phi) is 6.05. The average molecular weight is 302 g/mol. The van der Waals surface area contributed by atoms with Crippen LogP contribution in [0.1, 0.15) is 43.3 Å². The molecule has 1 N–H and O–H groups in total. The van der Waals surface area contributed by atoms with Gasteiger partial charge in [-0.2, -0.15) is 0 Å². The van der Waals surface area contributed by atoms with Gasteiger partial charge in [0.05, 0.1) is 5.69 Å². The van der Waals surface area contributed by atoms with E-state index in [-0.39, 0.29) is 0 Å². The quantitative estimate of drug-likeness (QED) is 0.603. The summed E-state index contributed by atoms with van der Waals surface area (Å²) in [6, 6.07) is 7.66. The predicted molar refractivity (Wildman–Crippen MR) is 87.7 cm³/mol. The maximum atomic E-state index is 9.54. The van der Waals surface area contributed by atoms with Gasteiger partial charge in [0.15, 0.2) is 0 Å². The van der Waals surface area contributed by atoms with E-state index < -0.39 is 0 Å². The monoisotopic (exact) mass is 302 g/mol. The maximum absolute atomic E-state index is 9.54. The molecule has 0 radical (unpaired) electrons. The van der Waals surface area contributed by atoms with Gasteiger partial charge in [-0.1, -0.05) is 19.8 Å². The molecule has 0 amide bonds. The molecule has 0 atom stereocenters. The number of aromatic nitrogens is 2. The van der Waals surface area contributed by atoms with Crippen LogP contribution in [0.4, 0.5) is 0 Å². The minimum atomic E-state index is 0.347. The third kappa shape index (κ3) is 5.05. The van der Waals surface area contributed by atoms with E-state index in [0.717, 1.165) is 40.6 Å². The van der Waals surface area contributed by atoms with E-state index in [2.05, 4.69) is 16.9 Å². The minimum Gasteiger partial charge on any atom is -0.508 e. The largest absolute Gasteiger partial charge is 0.508 e. The Labute approximate surface area is 130 Å². The van der Waals surface area contributed by atoms with Gasteiger partial charge in [-0.25, -0.2) is 9.97 Å². The molecule has 0 aliphatic rings. The number of nitrogens with zero attached hydrogens (tertiary/aromatic N) is 2. The second-order valence-corrected chi connectivity index (χ2v) is 6.21. The highest BCUT2D eigenvalue weighted by molar-refractivity contribution is 7.98. The van der Waals surface area contributed by atoms with E-state index in [1.165, 1.54) is 12.8 Å². The van der Waals surface area contributed by atoms with Gasteiger partial charge in [-0.15, -0.1) is 11.8 Å². The lowest BCUT2D eigenvalue weighted by Crippen LogP contribution is -1.98. The molecule has 2 rings (SSSR count). The number of phenols is 1. The molecule has 0 saturated carbocycles. The number of benzene rings is 1. The molecule has 0 fully saturated rings. The Morgan fingerprint density at radius 1 is 1.19 bits per heavy atom. The Balaban J connectivity index is 1.93. The molecular weight excluding hydrogens is 280 g/mol. The van der Waals surface area contributed by atoms with Crippen LogP contribution in [0.2, 0.25) is 0 Å². The van der Waals surface area contributed by atoms with Gasteiger partial charge >= 0.3 is 0 Å². The third-order valence-electron chi connectivity index (χ3n) is 3.32. The number of hydrogen-bond acceptors (Lipinski definition) is 4. The van der Waals surface area contributed by atoms with Crippen molar-refractivity contribution in [2.75, 3.05) is 0 Å². The van der Waals surface area contributed by atoms with Gasteiger partial charge in [0.1, 0.15) is 11.6 Å². The highest BCUT2D eigenvalue weighted by atomic mass is 32.2. The summed E-state index contributed by atoms with van der Waals surface area (Å²) in [7, 11) is 0. The number of phenolic OH excluding ortho intramolecular Hbond substituents is 1. The van der Waals surface area contributed by atoms with Crippen LogP contribution in [-0.4, -0.2) is 15.1 Å².